The Bertz CT molecular complexity index is 241. The summed E-state index contributed by atoms with van der Waals surface area (Å²) in [5, 5.41) is 8.76. The maximum absolute atomic E-state index is 10.6. The van der Waals surface area contributed by atoms with E-state index in [0.29, 0.717) is 6.04 Å². The van der Waals surface area contributed by atoms with Crippen molar-refractivity contribution >= 4 is 5.97 Å². The molecule has 0 aromatic rings. The van der Waals surface area contributed by atoms with Gasteiger partial charge in [0.2, 0.25) is 0 Å². The van der Waals surface area contributed by atoms with Crippen molar-refractivity contribution in [3.8, 4) is 0 Å². The Morgan fingerprint density at radius 1 is 1.31 bits per heavy atom. The largest absolute Gasteiger partial charge is 0.480 e. The quantitative estimate of drug-likeness (QED) is 0.729. The molecule has 5 nitrogen and oxygen atoms in total. The zero-order chi connectivity index (χ0) is 11.4. The topological polar surface area (TPSA) is 53.0 Å². The van der Waals surface area contributed by atoms with Gasteiger partial charge in [0.25, 0.3) is 0 Å². The predicted octanol–water partition coefficient (Wildman–Crippen LogP) is -0.132. The molecular formula is C11H20N2O3. The van der Waals surface area contributed by atoms with Crippen LogP contribution in [0, 0.1) is 0 Å². The minimum Gasteiger partial charge on any atom is -0.480 e. The molecule has 92 valence electrons. The molecule has 0 spiro atoms. The first-order chi connectivity index (χ1) is 7.75. The standard InChI is InChI=1S/C11H20N2O3/c14-11(15)8-12-3-1-4-13(6-5-12)10-2-7-16-9-10/h10H,1-9H2,(H,14,15). The van der Waals surface area contributed by atoms with Gasteiger partial charge in [0.05, 0.1) is 13.2 Å². The van der Waals surface area contributed by atoms with E-state index in [1.807, 2.05) is 4.90 Å². The molecule has 0 saturated carbocycles. The van der Waals surface area contributed by atoms with Gasteiger partial charge in [-0.25, -0.2) is 0 Å². The Kier molecular flexibility index (Phi) is 4.15. The first-order valence-corrected chi connectivity index (χ1v) is 6.01. The van der Waals surface area contributed by atoms with E-state index in [0.717, 1.165) is 52.2 Å². The molecule has 0 aromatic carbocycles. The van der Waals surface area contributed by atoms with Crippen LogP contribution in [0.15, 0.2) is 0 Å². The fraction of sp³-hybridized carbons (Fsp3) is 0.909. The maximum Gasteiger partial charge on any atom is 0.317 e. The number of carboxylic acid groups (broad SMARTS) is 1. The predicted molar refractivity (Wildman–Crippen MR) is 59.5 cm³/mol. The highest BCUT2D eigenvalue weighted by molar-refractivity contribution is 5.69. The molecule has 0 aromatic heterocycles. The molecule has 1 unspecified atom stereocenters. The normalized spacial score (nSPS) is 29.1. The zero-order valence-electron chi connectivity index (χ0n) is 9.60. The summed E-state index contributed by atoms with van der Waals surface area (Å²) >= 11 is 0. The molecule has 2 aliphatic heterocycles. The summed E-state index contributed by atoms with van der Waals surface area (Å²) in [6.07, 6.45) is 2.18. The SMILES string of the molecule is O=C(O)CN1CCCN(C2CCOC2)CC1. The van der Waals surface area contributed by atoms with Crippen molar-refractivity contribution in [1.82, 2.24) is 9.80 Å². The van der Waals surface area contributed by atoms with Crippen LogP contribution in [0.4, 0.5) is 0 Å². The maximum atomic E-state index is 10.6. The van der Waals surface area contributed by atoms with E-state index in [1.165, 1.54) is 0 Å². The highest BCUT2D eigenvalue weighted by Gasteiger charge is 2.25. The van der Waals surface area contributed by atoms with Gasteiger partial charge in [-0.2, -0.15) is 0 Å². The molecule has 5 heteroatoms. The fourth-order valence-corrected chi connectivity index (χ4v) is 2.52. The van der Waals surface area contributed by atoms with Gasteiger partial charge in [0, 0.05) is 32.3 Å². The lowest BCUT2D eigenvalue weighted by molar-refractivity contribution is -0.138. The molecule has 1 atom stereocenters. The van der Waals surface area contributed by atoms with Crippen molar-refractivity contribution in [2.45, 2.75) is 18.9 Å². The second kappa shape index (κ2) is 5.61. The van der Waals surface area contributed by atoms with Crippen LogP contribution in [-0.4, -0.2) is 72.9 Å². The summed E-state index contributed by atoms with van der Waals surface area (Å²) in [5.74, 6) is -0.724. The zero-order valence-corrected chi connectivity index (χ0v) is 9.60. The van der Waals surface area contributed by atoms with Crippen molar-refractivity contribution in [2.24, 2.45) is 0 Å². The summed E-state index contributed by atoms with van der Waals surface area (Å²) in [6.45, 7) is 5.71. The number of hydrogen-bond donors (Lipinski definition) is 1. The Morgan fingerprint density at radius 2 is 2.19 bits per heavy atom. The van der Waals surface area contributed by atoms with Crippen molar-refractivity contribution in [3.05, 3.63) is 0 Å². The summed E-state index contributed by atoms with van der Waals surface area (Å²) in [4.78, 5) is 15.1. The third-order valence-electron chi connectivity index (χ3n) is 3.40. The van der Waals surface area contributed by atoms with Crippen LogP contribution in [0.1, 0.15) is 12.8 Å². The molecule has 2 fully saturated rings. The molecule has 1 N–H and O–H groups in total. The Labute approximate surface area is 96.0 Å². The second-order valence-corrected chi connectivity index (χ2v) is 4.58. The average Bonchev–Trinajstić information content (AvgIpc) is 2.66. The lowest BCUT2D eigenvalue weighted by Gasteiger charge is -2.26. The number of carbonyl (C=O) groups is 1. The molecule has 0 amide bonds. The lowest BCUT2D eigenvalue weighted by Crippen LogP contribution is -2.39. The van der Waals surface area contributed by atoms with Gasteiger partial charge in [0.1, 0.15) is 0 Å². The lowest BCUT2D eigenvalue weighted by atomic mass is 10.2. The van der Waals surface area contributed by atoms with E-state index in [2.05, 4.69) is 4.90 Å². The summed E-state index contributed by atoms with van der Waals surface area (Å²) in [6, 6.07) is 0.560. The minimum atomic E-state index is -0.724. The highest BCUT2D eigenvalue weighted by Crippen LogP contribution is 2.14. The van der Waals surface area contributed by atoms with Crippen LogP contribution in [0.2, 0.25) is 0 Å². The van der Waals surface area contributed by atoms with Crippen LogP contribution in [-0.2, 0) is 9.53 Å². The first-order valence-electron chi connectivity index (χ1n) is 6.01. The number of aliphatic carboxylic acids is 1. The van der Waals surface area contributed by atoms with Crippen LogP contribution < -0.4 is 0 Å². The fourth-order valence-electron chi connectivity index (χ4n) is 2.52. The van der Waals surface area contributed by atoms with Gasteiger partial charge >= 0.3 is 5.97 Å². The Balaban J connectivity index is 1.80. The molecule has 0 radical (unpaired) electrons. The third kappa shape index (κ3) is 3.17. The van der Waals surface area contributed by atoms with Crippen molar-refractivity contribution < 1.29 is 14.6 Å². The summed E-state index contributed by atoms with van der Waals surface area (Å²) < 4.78 is 5.39. The van der Waals surface area contributed by atoms with E-state index < -0.39 is 5.97 Å². The number of rotatable bonds is 3. The van der Waals surface area contributed by atoms with E-state index in [9.17, 15) is 4.79 Å². The van der Waals surface area contributed by atoms with Crippen LogP contribution >= 0.6 is 0 Å². The summed E-state index contributed by atoms with van der Waals surface area (Å²) in [7, 11) is 0. The molecule has 16 heavy (non-hydrogen) atoms. The third-order valence-corrected chi connectivity index (χ3v) is 3.40. The average molecular weight is 228 g/mol. The van der Waals surface area contributed by atoms with Gasteiger partial charge in [-0.3, -0.25) is 14.6 Å². The molecular weight excluding hydrogens is 208 g/mol. The van der Waals surface area contributed by atoms with Crippen LogP contribution in [0.5, 0.6) is 0 Å². The van der Waals surface area contributed by atoms with E-state index >= 15 is 0 Å². The Morgan fingerprint density at radius 3 is 2.88 bits per heavy atom. The number of nitrogens with zero attached hydrogens (tertiary/aromatic N) is 2. The van der Waals surface area contributed by atoms with Crippen molar-refractivity contribution in [2.75, 3.05) is 45.9 Å². The molecule has 2 rings (SSSR count). The molecule has 0 bridgehead atoms. The Hall–Kier alpha value is -0.650. The number of hydrogen-bond acceptors (Lipinski definition) is 4. The van der Waals surface area contributed by atoms with Crippen LogP contribution in [0.3, 0.4) is 0 Å². The van der Waals surface area contributed by atoms with Gasteiger partial charge in [-0.15, -0.1) is 0 Å². The highest BCUT2D eigenvalue weighted by atomic mass is 16.5. The minimum absolute atomic E-state index is 0.176. The van der Waals surface area contributed by atoms with Gasteiger partial charge in [0.15, 0.2) is 0 Å². The van der Waals surface area contributed by atoms with E-state index in [4.69, 9.17) is 9.84 Å². The molecule has 0 aliphatic carbocycles. The first kappa shape index (κ1) is 11.8. The van der Waals surface area contributed by atoms with Gasteiger partial charge in [-0.1, -0.05) is 0 Å². The molecule has 2 saturated heterocycles. The van der Waals surface area contributed by atoms with Crippen LogP contribution in [0.25, 0.3) is 0 Å². The monoisotopic (exact) mass is 228 g/mol. The second-order valence-electron chi connectivity index (χ2n) is 4.58. The smallest absolute Gasteiger partial charge is 0.317 e. The number of ether oxygens (including phenoxy) is 1. The summed E-state index contributed by atoms with van der Waals surface area (Å²) in [5.41, 5.74) is 0. The molecule has 2 heterocycles. The number of carboxylic acids is 1. The molecule has 2 aliphatic rings. The van der Waals surface area contributed by atoms with Gasteiger partial charge < -0.3 is 9.84 Å². The van der Waals surface area contributed by atoms with Crippen molar-refractivity contribution in [3.63, 3.8) is 0 Å². The van der Waals surface area contributed by atoms with Crippen molar-refractivity contribution in [1.29, 1.82) is 0 Å². The van der Waals surface area contributed by atoms with Gasteiger partial charge in [-0.05, 0) is 19.4 Å². The van der Waals surface area contributed by atoms with E-state index in [1.54, 1.807) is 0 Å². The van der Waals surface area contributed by atoms with E-state index in [-0.39, 0.29) is 6.54 Å².